The summed E-state index contributed by atoms with van der Waals surface area (Å²) >= 11 is 0. The number of nitrogens with one attached hydrogen (secondary N) is 1. The number of fused-ring (bicyclic) bond motifs is 1. The normalized spacial score (nSPS) is 10.7. The summed E-state index contributed by atoms with van der Waals surface area (Å²) in [5, 5.41) is 11.1. The number of benzene rings is 1. The Balaban J connectivity index is 1.87. The van der Waals surface area contributed by atoms with E-state index in [2.05, 4.69) is 20.5 Å². The van der Waals surface area contributed by atoms with E-state index < -0.39 is 0 Å². The third kappa shape index (κ3) is 2.09. The number of nitrogens with two attached hydrogens (primary N) is 1. The first-order valence-corrected chi connectivity index (χ1v) is 6.10. The van der Waals surface area contributed by atoms with Crippen molar-refractivity contribution >= 4 is 17.4 Å². The zero-order chi connectivity index (χ0) is 13.9. The van der Waals surface area contributed by atoms with Gasteiger partial charge >= 0.3 is 0 Å². The Morgan fingerprint density at radius 1 is 1.30 bits per heavy atom. The van der Waals surface area contributed by atoms with Crippen molar-refractivity contribution in [2.45, 2.75) is 6.54 Å². The van der Waals surface area contributed by atoms with Gasteiger partial charge in [0, 0.05) is 24.5 Å². The summed E-state index contributed by atoms with van der Waals surface area (Å²) in [6, 6.07) is 7.80. The second-order valence-electron chi connectivity index (χ2n) is 4.19. The summed E-state index contributed by atoms with van der Waals surface area (Å²) in [6.07, 6.45) is 3.37. The van der Waals surface area contributed by atoms with Crippen LogP contribution in [0.1, 0.15) is 5.56 Å². The van der Waals surface area contributed by atoms with Gasteiger partial charge in [0.05, 0.1) is 7.11 Å². The van der Waals surface area contributed by atoms with E-state index in [-0.39, 0.29) is 0 Å². The second-order valence-corrected chi connectivity index (χ2v) is 4.19. The summed E-state index contributed by atoms with van der Waals surface area (Å²) < 4.78 is 6.99. The van der Waals surface area contributed by atoms with Crippen molar-refractivity contribution < 1.29 is 4.74 Å². The molecule has 7 nitrogen and oxygen atoms in total. The molecular weight excluding hydrogens is 256 g/mol. The average molecular weight is 270 g/mol. The van der Waals surface area contributed by atoms with E-state index in [1.54, 1.807) is 23.9 Å². The van der Waals surface area contributed by atoms with Crippen LogP contribution in [-0.4, -0.2) is 26.7 Å². The number of aromatic nitrogens is 4. The molecule has 2 heterocycles. The maximum Gasteiger partial charge on any atom is 0.226 e. The van der Waals surface area contributed by atoms with Crippen molar-refractivity contribution in [3.63, 3.8) is 0 Å². The van der Waals surface area contributed by atoms with Crippen molar-refractivity contribution in [1.29, 1.82) is 0 Å². The van der Waals surface area contributed by atoms with E-state index >= 15 is 0 Å². The number of nitrogens with zero attached hydrogens (tertiary/aromatic N) is 4. The van der Waals surface area contributed by atoms with Gasteiger partial charge in [-0.1, -0.05) is 18.2 Å². The summed E-state index contributed by atoms with van der Waals surface area (Å²) in [7, 11) is 1.65. The zero-order valence-corrected chi connectivity index (χ0v) is 10.9. The van der Waals surface area contributed by atoms with Gasteiger partial charge in [-0.05, 0) is 6.07 Å². The third-order valence-electron chi connectivity index (χ3n) is 2.99. The fraction of sp³-hybridized carbons (Fsp3) is 0.154. The number of rotatable bonds is 4. The van der Waals surface area contributed by atoms with Gasteiger partial charge in [-0.3, -0.25) is 4.40 Å². The number of ether oxygens (including phenoxy) is 1. The molecule has 0 amide bonds. The summed E-state index contributed by atoms with van der Waals surface area (Å²) in [5.41, 5.74) is 7.34. The van der Waals surface area contributed by atoms with E-state index in [9.17, 15) is 0 Å². The highest BCUT2D eigenvalue weighted by Gasteiger charge is 2.08. The molecule has 0 bridgehead atoms. The third-order valence-corrected chi connectivity index (χ3v) is 2.99. The number of hydrogen-bond acceptors (Lipinski definition) is 6. The lowest BCUT2D eigenvalue weighted by atomic mass is 10.2. The molecule has 20 heavy (non-hydrogen) atoms. The lowest BCUT2D eigenvalue weighted by Crippen LogP contribution is -2.05. The van der Waals surface area contributed by atoms with Gasteiger partial charge < -0.3 is 15.8 Å². The van der Waals surface area contributed by atoms with Crippen LogP contribution in [0.5, 0.6) is 5.75 Å². The van der Waals surface area contributed by atoms with Crippen LogP contribution in [0.3, 0.4) is 0 Å². The Labute approximate surface area is 115 Å². The van der Waals surface area contributed by atoms with Gasteiger partial charge in [0.15, 0.2) is 5.82 Å². The highest BCUT2D eigenvalue weighted by atomic mass is 16.5. The first kappa shape index (κ1) is 12.2. The molecular formula is C13H14N6O. The second kappa shape index (κ2) is 5.04. The van der Waals surface area contributed by atoms with Crippen LogP contribution in [0.4, 0.5) is 11.8 Å². The van der Waals surface area contributed by atoms with Crippen LogP contribution >= 0.6 is 0 Å². The zero-order valence-electron chi connectivity index (χ0n) is 10.9. The highest BCUT2D eigenvalue weighted by molar-refractivity contribution is 5.63. The quantitative estimate of drug-likeness (QED) is 0.743. The molecule has 0 atom stereocenters. The van der Waals surface area contributed by atoms with E-state index in [0.29, 0.717) is 24.0 Å². The molecule has 0 radical (unpaired) electrons. The summed E-state index contributed by atoms with van der Waals surface area (Å²) in [6.45, 7) is 0.573. The number of methoxy groups -OCH3 is 1. The van der Waals surface area contributed by atoms with Crippen molar-refractivity contribution in [2.24, 2.45) is 0 Å². The van der Waals surface area contributed by atoms with Crippen molar-refractivity contribution in [1.82, 2.24) is 19.6 Å². The monoisotopic (exact) mass is 270 g/mol. The standard InChI is InChI=1S/C13H14N6O/c1-20-10-5-3-2-4-9(10)8-16-11-12-17-18-13(14)19(12)7-6-15-11/h2-7H,8H2,1H3,(H2,14,18)(H,15,16). The number of anilines is 2. The highest BCUT2D eigenvalue weighted by Crippen LogP contribution is 2.20. The Morgan fingerprint density at radius 3 is 3.00 bits per heavy atom. The van der Waals surface area contributed by atoms with Crippen LogP contribution in [0.2, 0.25) is 0 Å². The average Bonchev–Trinajstić information content (AvgIpc) is 2.88. The molecule has 0 aliphatic heterocycles. The molecule has 102 valence electrons. The minimum absolute atomic E-state index is 0.336. The van der Waals surface area contributed by atoms with Crippen molar-refractivity contribution in [3.05, 3.63) is 42.2 Å². The van der Waals surface area contributed by atoms with E-state index in [0.717, 1.165) is 11.3 Å². The maximum atomic E-state index is 5.71. The first-order valence-electron chi connectivity index (χ1n) is 6.10. The van der Waals surface area contributed by atoms with Gasteiger partial charge in [-0.25, -0.2) is 4.98 Å². The molecule has 3 rings (SSSR count). The van der Waals surface area contributed by atoms with Gasteiger partial charge in [0.1, 0.15) is 5.75 Å². The fourth-order valence-corrected chi connectivity index (χ4v) is 2.00. The van der Waals surface area contributed by atoms with Crippen molar-refractivity contribution in [3.8, 4) is 5.75 Å². The molecule has 3 aromatic rings. The molecule has 7 heteroatoms. The smallest absolute Gasteiger partial charge is 0.226 e. The summed E-state index contributed by atoms with van der Waals surface area (Å²) in [5.74, 6) is 1.79. The molecule has 0 aliphatic rings. The Hall–Kier alpha value is -2.83. The lowest BCUT2D eigenvalue weighted by Gasteiger charge is -2.10. The predicted octanol–water partition coefficient (Wildman–Crippen LogP) is 1.33. The lowest BCUT2D eigenvalue weighted by molar-refractivity contribution is 0.410. The van der Waals surface area contributed by atoms with Crippen LogP contribution in [-0.2, 0) is 6.54 Å². The fourth-order valence-electron chi connectivity index (χ4n) is 2.00. The van der Waals surface area contributed by atoms with E-state index in [4.69, 9.17) is 10.5 Å². The van der Waals surface area contributed by atoms with Crippen molar-refractivity contribution in [2.75, 3.05) is 18.2 Å². The van der Waals surface area contributed by atoms with Gasteiger partial charge in [-0.2, -0.15) is 0 Å². The molecule has 3 N–H and O–H groups in total. The molecule has 0 aliphatic carbocycles. The maximum absolute atomic E-state index is 5.71. The van der Waals surface area contributed by atoms with Crippen LogP contribution < -0.4 is 15.8 Å². The molecule has 0 fully saturated rings. The molecule has 0 unspecified atom stereocenters. The van der Waals surface area contributed by atoms with E-state index in [1.807, 2.05) is 24.3 Å². The molecule has 1 aromatic carbocycles. The largest absolute Gasteiger partial charge is 0.496 e. The Kier molecular flexibility index (Phi) is 3.08. The van der Waals surface area contributed by atoms with Crippen LogP contribution in [0.15, 0.2) is 36.7 Å². The van der Waals surface area contributed by atoms with Crippen LogP contribution in [0.25, 0.3) is 5.65 Å². The van der Waals surface area contributed by atoms with Gasteiger partial charge in [0.2, 0.25) is 11.6 Å². The van der Waals surface area contributed by atoms with E-state index in [1.165, 1.54) is 0 Å². The van der Waals surface area contributed by atoms with Gasteiger partial charge in [-0.15, -0.1) is 10.2 Å². The molecule has 0 spiro atoms. The number of para-hydroxylation sites is 1. The summed E-state index contributed by atoms with van der Waals surface area (Å²) in [4.78, 5) is 4.26. The number of hydrogen-bond donors (Lipinski definition) is 2. The molecule has 0 saturated carbocycles. The topological polar surface area (TPSA) is 90.4 Å². The Morgan fingerprint density at radius 2 is 2.15 bits per heavy atom. The molecule has 0 saturated heterocycles. The minimum Gasteiger partial charge on any atom is -0.496 e. The minimum atomic E-state index is 0.336. The SMILES string of the molecule is COc1ccccc1CNc1nccn2c(N)nnc12. The number of nitrogen functional groups attached to an aromatic ring is 1. The predicted molar refractivity (Wildman–Crippen MR) is 75.5 cm³/mol. The first-order chi connectivity index (χ1) is 9.79. The Bertz CT molecular complexity index is 739. The molecule has 2 aromatic heterocycles. The van der Waals surface area contributed by atoms with Gasteiger partial charge in [0.25, 0.3) is 0 Å². The van der Waals surface area contributed by atoms with Crippen LogP contribution in [0, 0.1) is 0 Å².